The Balaban J connectivity index is 0.000000481. The summed E-state index contributed by atoms with van der Waals surface area (Å²) in [4.78, 5) is 16.3. The quantitative estimate of drug-likeness (QED) is 0.442. The Morgan fingerprint density at radius 1 is 0.941 bits per heavy atom. The molecule has 1 unspecified atom stereocenters. The number of carbonyl (C=O) groups is 1. The normalized spacial score (nSPS) is 15.3. The van der Waals surface area contributed by atoms with Crippen molar-refractivity contribution in [2.45, 2.75) is 39.7 Å². The van der Waals surface area contributed by atoms with E-state index in [0.717, 1.165) is 35.3 Å². The van der Waals surface area contributed by atoms with Gasteiger partial charge >= 0.3 is 0 Å². The fraction of sp³-hybridized carbons (Fsp3) is 0.333. The van der Waals surface area contributed by atoms with Crippen LogP contribution in [0.3, 0.4) is 0 Å². The first-order valence-corrected chi connectivity index (χ1v) is 11.2. The number of carbonyl (C=O) groups excluding carboxylic acids is 1. The molecule has 0 spiro atoms. The summed E-state index contributed by atoms with van der Waals surface area (Å²) in [6.45, 7) is 5.62. The van der Waals surface area contributed by atoms with E-state index in [-0.39, 0.29) is 17.0 Å². The van der Waals surface area contributed by atoms with Crippen LogP contribution in [0.2, 0.25) is 0 Å². The molecule has 34 heavy (non-hydrogen) atoms. The van der Waals surface area contributed by atoms with Crippen molar-refractivity contribution in [2.75, 3.05) is 19.0 Å². The first-order chi connectivity index (χ1) is 16.1. The van der Waals surface area contributed by atoms with Crippen molar-refractivity contribution in [1.82, 2.24) is 10.2 Å². The number of aromatic nitrogens is 2. The van der Waals surface area contributed by atoms with E-state index < -0.39 is 11.6 Å². The molecule has 3 aromatic rings. The van der Waals surface area contributed by atoms with E-state index in [1.165, 1.54) is 18.2 Å². The number of nitrogens with zero attached hydrogens (tertiary/aromatic N) is 4. The Bertz CT molecular complexity index is 1130. The van der Waals surface area contributed by atoms with Crippen molar-refractivity contribution in [3.05, 3.63) is 77.4 Å². The standard InChI is InChI=1S/C22H20F2N4.C5H10O/c1-28(2)21-13-12-19(26-27-21)15-8-6-14(7-9-15)18-10-11-20(25-18)22-16(23)4-3-5-17(22)24;1-5(2,3)4-6/h3-9,12-13,18H,10-11H2,1-2H3;4H,1-3H3. The van der Waals surface area contributed by atoms with Crippen molar-refractivity contribution >= 4 is 17.8 Å². The number of rotatable bonds is 4. The SMILES string of the molecule is CC(C)(C)C=O.CN(C)c1ccc(-c2ccc(C3CCC(c4c(F)cccc4F)=N3)cc2)nn1. The molecule has 0 bridgehead atoms. The molecule has 4 rings (SSSR count). The van der Waals surface area contributed by atoms with Gasteiger partial charge in [0, 0.05) is 30.8 Å². The molecule has 5 nitrogen and oxygen atoms in total. The molecule has 0 saturated carbocycles. The van der Waals surface area contributed by atoms with E-state index >= 15 is 0 Å². The van der Waals surface area contributed by atoms with Crippen LogP contribution in [-0.2, 0) is 4.79 Å². The summed E-state index contributed by atoms with van der Waals surface area (Å²) >= 11 is 0. The van der Waals surface area contributed by atoms with Crippen LogP contribution in [-0.4, -0.2) is 36.3 Å². The van der Waals surface area contributed by atoms with Gasteiger partial charge in [-0.25, -0.2) is 8.78 Å². The highest BCUT2D eigenvalue weighted by molar-refractivity contribution is 6.02. The number of hydrogen-bond acceptors (Lipinski definition) is 5. The van der Waals surface area contributed by atoms with Gasteiger partial charge in [-0.15, -0.1) is 10.2 Å². The molecule has 1 atom stereocenters. The third kappa shape index (κ3) is 6.31. The second-order valence-electron chi connectivity index (χ2n) is 9.50. The lowest BCUT2D eigenvalue weighted by atomic mass is 10.0. The van der Waals surface area contributed by atoms with Gasteiger partial charge in [-0.05, 0) is 42.7 Å². The third-order valence-corrected chi connectivity index (χ3v) is 5.27. The molecule has 0 N–H and O–H groups in total. The molecular weight excluding hydrogens is 434 g/mol. The maximum Gasteiger partial charge on any atom is 0.150 e. The van der Waals surface area contributed by atoms with Gasteiger partial charge in [0.2, 0.25) is 0 Å². The predicted octanol–water partition coefficient (Wildman–Crippen LogP) is 6.04. The highest BCUT2D eigenvalue weighted by atomic mass is 19.1. The van der Waals surface area contributed by atoms with E-state index in [1.54, 1.807) is 0 Å². The maximum absolute atomic E-state index is 14.0. The Morgan fingerprint density at radius 2 is 1.56 bits per heavy atom. The number of benzene rings is 2. The van der Waals surface area contributed by atoms with Crippen LogP contribution in [0.15, 0.2) is 59.6 Å². The number of halogens is 2. The van der Waals surface area contributed by atoms with Crippen molar-refractivity contribution in [1.29, 1.82) is 0 Å². The van der Waals surface area contributed by atoms with Crippen LogP contribution in [0.5, 0.6) is 0 Å². The van der Waals surface area contributed by atoms with Gasteiger partial charge in [-0.2, -0.15) is 0 Å². The second-order valence-corrected chi connectivity index (χ2v) is 9.50. The molecule has 0 aliphatic carbocycles. The molecule has 0 saturated heterocycles. The van der Waals surface area contributed by atoms with E-state index in [2.05, 4.69) is 15.2 Å². The summed E-state index contributed by atoms with van der Waals surface area (Å²) in [7, 11) is 3.84. The van der Waals surface area contributed by atoms with Crippen LogP contribution in [0.4, 0.5) is 14.6 Å². The highest BCUT2D eigenvalue weighted by Crippen LogP contribution is 2.33. The minimum absolute atomic E-state index is 0.00197. The fourth-order valence-corrected chi connectivity index (χ4v) is 3.39. The summed E-state index contributed by atoms with van der Waals surface area (Å²) in [6, 6.07) is 15.6. The zero-order valence-corrected chi connectivity index (χ0v) is 20.2. The van der Waals surface area contributed by atoms with Crippen molar-refractivity contribution in [2.24, 2.45) is 10.4 Å². The van der Waals surface area contributed by atoms with E-state index in [9.17, 15) is 13.6 Å². The smallest absolute Gasteiger partial charge is 0.150 e. The van der Waals surface area contributed by atoms with Crippen molar-refractivity contribution < 1.29 is 13.6 Å². The van der Waals surface area contributed by atoms with Crippen LogP contribution >= 0.6 is 0 Å². The zero-order valence-electron chi connectivity index (χ0n) is 20.2. The van der Waals surface area contributed by atoms with Crippen molar-refractivity contribution in [3.63, 3.8) is 0 Å². The molecular formula is C27H30F2N4O. The molecule has 1 aliphatic heterocycles. The molecule has 2 aromatic carbocycles. The lowest BCUT2D eigenvalue weighted by Crippen LogP contribution is -2.11. The largest absolute Gasteiger partial charge is 0.361 e. The monoisotopic (exact) mass is 464 g/mol. The summed E-state index contributed by atoms with van der Waals surface area (Å²) in [5.41, 5.74) is 3.13. The summed E-state index contributed by atoms with van der Waals surface area (Å²) in [5, 5.41) is 8.46. The molecule has 0 amide bonds. The Labute approximate surface area is 199 Å². The average molecular weight is 465 g/mol. The van der Waals surface area contributed by atoms with Gasteiger partial charge < -0.3 is 9.69 Å². The molecule has 0 fully saturated rings. The number of hydrogen-bond donors (Lipinski definition) is 0. The fourth-order valence-electron chi connectivity index (χ4n) is 3.39. The van der Waals surface area contributed by atoms with Gasteiger partial charge in [0.1, 0.15) is 17.9 Å². The predicted molar refractivity (Wildman–Crippen MR) is 132 cm³/mol. The van der Waals surface area contributed by atoms with E-state index in [1.807, 2.05) is 76.2 Å². The van der Waals surface area contributed by atoms with Gasteiger partial charge in [-0.3, -0.25) is 4.99 Å². The Kier molecular flexibility index (Phi) is 7.87. The Morgan fingerprint density at radius 3 is 2.06 bits per heavy atom. The lowest BCUT2D eigenvalue weighted by Gasteiger charge is -2.11. The van der Waals surface area contributed by atoms with E-state index in [4.69, 9.17) is 0 Å². The molecule has 2 heterocycles. The van der Waals surface area contributed by atoms with Crippen LogP contribution in [0, 0.1) is 17.0 Å². The van der Waals surface area contributed by atoms with Crippen molar-refractivity contribution in [3.8, 4) is 11.3 Å². The number of anilines is 1. The molecule has 1 aromatic heterocycles. The molecule has 7 heteroatoms. The van der Waals surface area contributed by atoms with E-state index in [0.29, 0.717) is 12.1 Å². The third-order valence-electron chi connectivity index (χ3n) is 5.27. The first kappa shape index (κ1) is 25.1. The van der Waals surface area contributed by atoms with Gasteiger partial charge in [0.25, 0.3) is 0 Å². The Hall–Kier alpha value is -3.48. The van der Waals surface area contributed by atoms with Gasteiger partial charge in [-0.1, -0.05) is 51.1 Å². The molecule has 178 valence electrons. The summed E-state index contributed by atoms with van der Waals surface area (Å²) in [5.74, 6) is -0.322. The highest BCUT2D eigenvalue weighted by Gasteiger charge is 2.24. The lowest BCUT2D eigenvalue weighted by molar-refractivity contribution is -0.113. The first-order valence-electron chi connectivity index (χ1n) is 11.2. The zero-order chi connectivity index (χ0) is 24.9. The molecule has 0 radical (unpaired) electrons. The van der Waals surface area contributed by atoms with Crippen LogP contribution < -0.4 is 4.90 Å². The molecule has 1 aliphatic rings. The minimum atomic E-state index is -0.561. The topological polar surface area (TPSA) is 58.5 Å². The minimum Gasteiger partial charge on any atom is -0.361 e. The van der Waals surface area contributed by atoms with Gasteiger partial charge in [0.15, 0.2) is 5.82 Å². The summed E-state index contributed by atoms with van der Waals surface area (Å²) in [6.07, 6.45) is 2.23. The second kappa shape index (κ2) is 10.6. The van der Waals surface area contributed by atoms with Crippen LogP contribution in [0.25, 0.3) is 11.3 Å². The number of aldehydes is 1. The average Bonchev–Trinajstić information content (AvgIpc) is 3.29. The van der Waals surface area contributed by atoms with Gasteiger partial charge in [0.05, 0.1) is 17.3 Å². The maximum atomic E-state index is 14.0. The van der Waals surface area contributed by atoms with Crippen LogP contribution in [0.1, 0.15) is 50.8 Å². The summed E-state index contributed by atoms with van der Waals surface area (Å²) < 4.78 is 28.0. The number of aliphatic imine (C=N–C) groups is 1.